The SMILES string of the molecule is COc1ccccc1C(NC(=O)c1csc(CN)n1)c1noc(C)n1.Cl. The zero-order valence-corrected chi connectivity index (χ0v) is 15.8. The molecule has 0 saturated heterocycles. The van der Waals surface area contributed by atoms with Crippen LogP contribution in [0.3, 0.4) is 0 Å². The third-order valence-corrected chi connectivity index (χ3v) is 4.36. The summed E-state index contributed by atoms with van der Waals surface area (Å²) in [7, 11) is 1.56. The number of benzene rings is 1. The standard InChI is InChI=1S/C16H17N5O3S.ClH/c1-9-18-15(21-24-9)14(10-5-3-4-6-12(10)23-2)20-16(22)11-8-25-13(7-17)19-11;/h3-6,8,14H,7,17H2,1-2H3,(H,20,22);1H. The second kappa shape index (κ2) is 8.75. The number of carbonyl (C=O) groups excluding carboxylic acids is 1. The van der Waals surface area contributed by atoms with Crippen molar-refractivity contribution >= 4 is 29.7 Å². The summed E-state index contributed by atoms with van der Waals surface area (Å²) in [5.41, 5.74) is 6.57. The van der Waals surface area contributed by atoms with Gasteiger partial charge in [-0.15, -0.1) is 23.7 Å². The second-order valence-corrected chi connectivity index (χ2v) is 6.09. The summed E-state index contributed by atoms with van der Waals surface area (Å²) < 4.78 is 10.5. The Morgan fingerprint density at radius 3 is 2.77 bits per heavy atom. The number of nitrogens with zero attached hydrogens (tertiary/aromatic N) is 3. The molecule has 0 bridgehead atoms. The third kappa shape index (κ3) is 4.18. The van der Waals surface area contributed by atoms with Gasteiger partial charge in [-0.3, -0.25) is 4.79 Å². The van der Waals surface area contributed by atoms with Crippen molar-refractivity contribution in [2.24, 2.45) is 5.73 Å². The average Bonchev–Trinajstić information content (AvgIpc) is 3.28. The molecule has 10 heteroatoms. The number of ether oxygens (including phenoxy) is 1. The Bertz CT molecular complexity index is 882. The number of hydrogen-bond acceptors (Lipinski definition) is 8. The van der Waals surface area contributed by atoms with Crippen molar-refractivity contribution < 1.29 is 14.1 Å². The Balaban J connectivity index is 0.00000243. The lowest BCUT2D eigenvalue weighted by Gasteiger charge is -2.18. The molecule has 0 aliphatic rings. The monoisotopic (exact) mass is 395 g/mol. The van der Waals surface area contributed by atoms with Gasteiger partial charge in [0.05, 0.1) is 7.11 Å². The molecule has 0 spiro atoms. The summed E-state index contributed by atoms with van der Waals surface area (Å²) in [6, 6.07) is 6.69. The Morgan fingerprint density at radius 2 is 2.15 bits per heavy atom. The van der Waals surface area contributed by atoms with Crippen LogP contribution in [0, 0.1) is 6.92 Å². The number of thiazole rings is 1. The van der Waals surface area contributed by atoms with E-state index in [4.69, 9.17) is 15.0 Å². The highest BCUT2D eigenvalue weighted by Crippen LogP contribution is 2.29. The largest absolute Gasteiger partial charge is 0.496 e. The number of carbonyl (C=O) groups is 1. The number of halogens is 1. The van der Waals surface area contributed by atoms with Gasteiger partial charge in [0, 0.05) is 24.4 Å². The van der Waals surface area contributed by atoms with Crippen LogP contribution >= 0.6 is 23.7 Å². The smallest absolute Gasteiger partial charge is 0.271 e. The molecule has 0 aliphatic heterocycles. The van der Waals surface area contributed by atoms with Crippen LogP contribution in [-0.4, -0.2) is 28.1 Å². The fourth-order valence-electron chi connectivity index (χ4n) is 2.33. The van der Waals surface area contributed by atoms with Crippen molar-refractivity contribution in [1.82, 2.24) is 20.4 Å². The lowest BCUT2D eigenvalue weighted by molar-refractivity contribution is 0.0936. The molecule has 8 nitrogen and oxygen atoms in total. The summed E-state index contributed by atoms with van der Waals surface area (Å²) >= 11 is 1.34. The van der Waals surface area contributed by atoms with Gasteiger partial charge < -0.3 is 20.3 Å². The highest BCUT2D eigenvalue weighted by atomic mass is 35.5. The first-order chi connectivity index (χ1) is 12.1. The number of nitrogens with two attached hydrogens (primary N) is 1. The Kier molecular flexibility index (Phi) is 6.67. The Morgan fingerprint density at radius 1 is 1.38 bits per heavy atom. The molecule has 1 aromatic carbocycles. The van der Waals surface area contributed by atoms with Crippen molar-refractivity contribution in [3.63, 3.8) is 0 Å². The predicted molar refractivity (Wildman–Crippen MR) is 98.6 cm³/mol. The number of amides is 1. The minimum absolute atomic E-state index is 0. The number of para-hydroxylation sites is 1. The Hall–Kier alpha value is -2.49. The molecular formula is C16H18ClN5O3S. The summed E-state index contributed by atoms with van der Waals surface area (Å²) in [4.78, 5) is 21.1. The molecule has 2 aromatic heterocycles. The van der Waals surface area contributed by atoms with Crippen LogP contribution in [-0.2, 0) is 6.54 Å². The van der Waals surface area contributed by atoms with Crippen LogP contribution in [0.2, 0.25) is 0 Å². The van der Waals surface area contributed by atoms with E-state index < -0.39 is 6.04 Å². The number of aromatic nitrogens is 3. The lowest BCUT2D eigenvalue weighted by atomic mass is 10.0. The van der Waals surface area contributed by atoms with Gasteiger partial charge in [0.15, 0.2) is 5.82 Å². The number of nitrogens with one attached hydrogen (secondary N) is 1. The molecule has 1 atom stereocenters. The number of methoxy groups -OCH3 is 1. The second-order valence-electron chi connectivity index (χ2n) is 5.15. The van der Waals surface area contributed by atoms with Crippen molar-refractivity contribution in [3.05, 3.63) is 57.6 Å². The van der Waals surface area contributed by atoms with Crippen molar-refractivity contribution in [2.75, 3.05) is 7.11 Å². The quantitative estimate of drug-likeness (QED) is 0.657. The summed E-state index contributed by atoms with van der Waals surface area (Å²) in [6.07, 6.45) is 0. The molecule has 0 fully saturated rings. The minimum atomic E-state index is -0.635. The van der Waals surface area contributed by atoms with E-state index in [1.165, 1.54) is 11.3 Å². The molecule has 138 valence electrons. The first-order valence-electron chi connectivity index (χ1n) is 7.50. The zero-order chi connectivity index (χ0) is 17.8. The van der Waals surface area contributed by atoms with Crippen LogP contribution in [0.5, 0.6) is 5.75 Å². The van der Waals surface area contributed by atoms with Crippen LogP contribution in [0.25, 0.3) is 0 Å². The Labute approximate surface area is 160 Å². The molecule has 26 heavy (non-hydrogen) atoms. The van der Waals surface area contributed by atoms with E-state index in [1.807, 2.05) is 18.2 Å². The van der Waals surface area contributed by atoms with Crippen molar-refractivity contribution in [2.45, 2.75) is 19.5 Å². The maximum absolute atomic E-state index is 12.6. The number of hydrogen-bond donors (Lipinski definition) is 2. The van der Waals surface area contributed by atoms with Crippen LogP contribution in [0.4, 0.5) is 0 Å². The minimum Gasteiger partial charge on any atom is -0.496 e. The maximum Gasteiger partial charge on any atom is 0.271 e. The van der Waals surface area contributed by atoms with Gasteiger partial charge in [-0.1, -0.05) is 23.4 Å². The molecule has 3 aromatic rings. The number of rotatable bonds is 6. The van der Waals surface area contributed by atoms with E-state index in [-0.39, 0.29) is 24.9 Å². The topological polar surface area (TPSA) is 116 Å². The highest BCUT2D eigenvalue weighted by Gasteiger charge is 2.26. The van der Waals surface area contributed by atoms with E-state index in [9.17, 15) is 4.79 Å². The molecule has 2 heterocycles. The van der Waals surface area contributed by atoms with Gasteiger partial charge in [0.2, 0.25) is 5.89 Å². The van der Waals surface area contributed by atoms with Crippen molar-refractivity contribution in [3.8, 4) is 5.75 Å². The fourth-order valence-corrected chi connectivity index (χ4v) is 2.99. The van der Waals surface area contributed by atoms with Gasteiger partial charge in [0.1, 0.15) is 22.5 Å². The maximum atomic E-state index is 12.6. The first kappa shape index (κ1) is 19.8. The molecule has 1 unspecified atom stereocenters. The highest BCUT2D eigenvalue weighted by molar-refractivity contribution is 7.09. The molecule has 1 amide bonds. The molecule has 3 rings (SSSR count). The van der Waals surface area contributed by atoms with Crippen LogP contribution < -0.4 is 15.8 Å². The van der Waals surface area contributed by atoms with Crippen LogP contribution in [0.15, 0.2) is 34.2 Å². The van der Waals surface area contributed by atoms with E-state index in [1.54, 1.807) is 25.5 Å². The number of aryl methyl sites for hydroxylation is 1. The lowest BCUT2D eigenvalue weighted by Crippen LogP contribution is -2.30. The zero-order valence-electron chi connectivity index (χ0n) is 14.1. The van der Waals surface area contributed by atoms with E-state index in [2.05, 4.69) is 20.4 Å². The van der Waals surface area contributed by atoms with Crippen LogP contribution in [0.1, 0.15) is 38.8 Å². The molecule has 0 aliphatic carbocycles. The van der Waals surface area contributed by atoms with Gasteiger partial charge >= 0.3 is 0 Å². The summed E-state index contributed by atoms with van der Waals surface area (Å²) in [5, 5.41) is 9.19. The summed E-state index contributed by atoms with van der Waals surface area (Å²) in [6.45, 7) is 1.98. The predicted octanol–water partition coefficient (Wildman–Crippen LogP) is 2.24. The molecular weight excluding hydrogens is 378 g/mol. The molecule has 3 N–H and O–H groups in total. The van der Waals surface area contributed by atoms with Gasteiger partial charge in [-0.2, -0.15) is 4.98 Å². The van der Waals surface area contributed by atoms with Crippen molar-refractivity contribution in [1.29, 1.82) is 0 Å². The fraction of sp³-hybridized carbons (Fsp3) is 0.250. The van der Waals surface area contributed by atoms with E-state index in [0.717, 1.165) is 0 Å². The molecule has 0 radical (unpaired) electrons. The van der Waals surface area contributed by atoms with Gasteiger partial charge in [-0.05, 0) is 6.07 Å². The van der Waals surface area contributed by atoms with Gasteiger partial charge in [-0.25, -0.2) is 4.98 Å². The van der Waals surface area contributed by atoms with E-state index in [0.29, 0.717) is 33.7 Å². The normalized spacial score (nSPS) is 11.5. The first-order valence-corrected chi connectivity index (χ1v) is 8.38. The molecule has 0 saturated carbocycles. The summed E-state index contributed by atoms with van der Waals surface area (Å²) in [5.74, 6) is 0.998. The average molecular weight is 396 g/mol. The third-order valence-electron chi connectivity index (χ3n) is 3.49. The van der Waals surface area contributed by atoms with Gasteiger partial charge in [0.25, 0.3) is 5.91 Å². The van der Waals surface area contributed by atoms with E-state index >= 15 is 0 Å².